The maximum absolute atomic E-state index is 6.26. The van der Waals surface area contributed by atoms with Crippen LogP contribution >= 0.6 is 0 Å². The van der Waals surface area contributed by atoms with E-state index in [-0.39, 0.29) is 0 Å². The number of para-hydroxylation sites is 1. The molecular formula is C20H27N5. The van der Waals surface area contributed by atoms with E-state index in [1.54, 1.807) is 0 Å². The van der Waals surface area contributed by atoms with Crippen LogP contribution in [0, 0.1) is 0 Å². The second kappa shape index (κ2) is 7.00. The number of imidazole rings is 1. The molecule has 1 saturated heterocycles. The lowest BCUT2D eigenvalue weighted by Gasteiger charge is -2.25. The van der Waals surface area contributed by atoms with Gasteiger partial charge >= 0.3 is 0 Å². The predicted molar refractivity (Wildman–Crippen MR) is 104 cm³/mol. The number of nitrogens with zero attached hydrogens (tertiary/aromatic N) is 3. The zero-order valence-corrected chi connectivity index (χ0v) is 15.0. The van der Waals surface area contributed by atoms with Gasteiger partial charge in [-0.2, -0.15) is 0 Å². The Morgan fingerprint density at radius 2 is 2.12 bits per heavy atom. The van der Waals surface area contributed by atoms with E-state index in [2.05, 4.69) is 33.9 Å². The molecule has 0 radical (unpaired) electrons. The molecule has 132 valence electrons. The molecule has 3 aromatic rings. The number of unbranched alkanes of at least 4 members (excludes halogenated alkanes) is 1. The van der Waals surface area contributed by atoms with Crippen LogP contribution in [-0.2, 0) is 13.0 Å². The molecule has 0 aliphatic carbocycles. The van der Waals surface area contributed by atoms with Gasteiger partial charge in [0.25, 0.3) is 0 Å². The molecule has 2 aromatic heterocycles. The van der Waals surface area contributed by atoms with Crippen molar-refractivity contribution in [3.05, 3.63) is 30.1 Å². The van der Waals surface area contributed by atoms with Gasteiger partial charge in [0.2, 0.25) is 0 Å². The van der Waals surface area contributed by atoms with Crippen molar-refractivity contribution in [2.45, 2.75) is 58.0 Å². The number of aryl methyl sites for hydroxylation is 1. The van der Waals surface area contributed by atoms with Crippen LogP contribution in [0.15, 0.2) is 24.3 Å². The van der Waals surface area contributed by atoms with Crippen LogP contribution in [0.25, 0.3) is 21.9 Å². The number of nitrogens with one attached hydrogen (secondary N) is 1. The molecule has 1 atom stereocenters. The predicted octanol–water partition coefficient (Wildman–Crippen LogP) is 3.65. The molecule has 0 amide bonds. The average Bonchev–Trinajstić information content (AvgIpc) is 3.00. The number of rotatable bonds is 5. The highest BCUT2D eigenvalue weighted by Gasteiger charge is 2.20. The zero-order valence-electron chi connectivity index (χ0n) is 15.0. The third-order valence-corrected chi connectivity index (χ3v) is 5.26. The quantitative estimate of drug-likeness (QED) is 0.745. The summed E-state index contributed by atoms with van der Waals surface area (Å²) in [5.74, 6) is 1.69. The molecule has 3 heterocycles. The van der Waals surface area contributed by atoms with Gasteiger partial charge < -0.3 is 15.6 Å². The van der Waals surface area contributed by atoms with Crippen molar-refractivity contribution < 1.29 is 0 Å². The van der Waals surface area contributed by atoms with Crippen molar-refractivity contribution in [3.63, 3.8) is 0 Å². The molecule has 0 bridgehead atoms. The summed E-state index contributed by atoms with van der Waals surface area (Å²) in [4.78, 5) is 9.48. The molecule has 0 unspecified atom stereocenters. The Kier molecular flexibility index (Phi) is 4.57. The van der Waals surface area contributed by atoms with Crippen molar-refractivity contribution in [2.24, 2.45) is 0 Å². The number of aromatic nitrogens is 3. The molecule has 5 nitrogen and oxygen atoms in total. The highest BCUT2D eigenvalue weighted by Crippen LogP contribution is 2.30. The Morgan fingerprint density at radius 1 is 1.24 bits per heavy atom. The largest absolute Gasteiger partial charge is 0.382 e. The second-order valence-corrected chi connectivity index (χ2v) is 7.10. The Bertz CT molecular complexity index is 877. The summed E-state index contributed by atoms with van der Waals surface area (Å²) in [6.07, 6.45) is 7.12. The van der Waals surface area contributed by atoms with Gasteiger partial charge in [-0.25, -0.2) is 9.97 Å². The Labute approximate surface area is 148 Å². The summed E-state index contributed by atoms with van der Waals surface area (Å²) in [6.45, 7) is 4.30. The first-order valence-electron chi connectivity index (χ1n) is 9.54. The third kappa shape index (κ3) is 3.09. The molecule has 1 aromatic carbocycles. The summed E-state index contributed by atoms with van der Waals surface area (Å²) in [5, 5.41) is 4.82. The fourth-order valence-corrected chi connectivity index (χ4v) is 3.93. The maximum atomic E-state index is 6.26. The molecule has 0 saturated carbocycles. The second-order valence-electron chi connectivity index (χ2n) is 7.10. The van der Waals surface area contributed by atoms with E-state index < -0.39 is 0 Å². The number of hydrogen-bond donors (Lipinski definition) is 2. The fraction of sp³-hybridized carbons (Fsp3) is 0.500. The van der Waals surface area contributed by atoms with Crippen molar-refractivity contribution >= 4 is 27.8 Å². The lowest BCUT2D eigenvalue weighted by atomic mass is 10.0. The number of benzene rings is 1. The summed E-state index contributed by atoms with van der Waals surface area (Å²) < 4.78 is 2.41. The topological polar surface area (TPSA) is 68.8 Å². The zero-order chi connectivity index (χ0) is 17.2. The van der Waals surface area contributed by atoms with Gasteiger partial charge in [0, 0.05) is 24.4 Å². The van der Waals surface area contributed by atoms with Crippen molar-refractivity contribution in [1.29, 1.82) is 0 Å². The third-order valence-electron chi connectivity index (χ3n) is 5.26. The Hall–Kier alpha value is -2.14. The van der Waals surface area contributed by atoms with Crippen molar-refractivity contribution in [3.8, 4) is 0 Å². The van der Waals surface area contributed by atoms with Crippen LogP contribution in [0.3, 0.4) is 0 Å². The molecule has 1 aliphatic rings. The van der Waals surface area contributed by atoms with Gasteiger partial charge in [-0.1, -0.05) is 38.0 Å². The van der Waals surface area contributed by atoms with E-state index in [4.69, 9.17) is 10.7 Å². The number of nitrogen functional groups attached to an aromatic ring is 1. The lowest BCUT2D eigenvalue weighted by molar-refractivity contribution is 0.362. The van der Waals surface area contributed by atoms with E-state index in [1.807, 2.05) is 12.1 Å². The summed E-state index contributed by atoms with van der Waals surface area (Å²) in [7, 11) is 0. The van der Waals surface area contributed by atoms with Crippen LogP contribution in [0.2, 0.25) is 0 Å². The van der Waals surface area contributed by atoms with Crippen LogP contribution < -0.4 is 11.1 Å². The molecule has 1 fully saturated rings. The molecule has 4 rings (SSSR count). The van der Waals surface area contributed by atoms with E-state index in [1.165, 1.54) is 25.7 Å². The smallest absolute Gasteiger partial charge is 0.152 e. The van der Waals surface area contributed by atoms with Gasteiger partial charge in [0.1, 0.15) is 11.3 Å². The monoisotopic (exact) mass is 337 g/mol. The van der Waals surface area contributed by atoms with Crippen LogP contribution in [-0.4, -0.2) is 27.1 Å². The van der Waals surface area contributed by atoms with Crippen molar-refractivity contribution in [2.75, 3.05) is 12.3 Å². The minimum absolute atomic E-state index is 0.514. The first-order chi connectivity index (χ1) is 12.3. The Morgan fingerprint density at radius 3 is 2.92 bits per heavy atom. The molecular weight excluding hydrogens is 310 g/mol. The van der Waals surface area contributed by atoms with Crippen LogP contribution in [0.1, 0.15) is 44.9 Å². The number of hydrogen-bond acceptors (Lipinski definition) is 4. The van der Waals surface area contributed by atoms with Gasteiger partial charge in [0.05, 0.1) is 11.0 Å². The number of pyridine rings is 1. The standard InChI is InChI=1S/C20H27N5/c1-2-3-11-17-24-18-19(25(17)13-14-8-6-7-12-22-14)15-9-4-5-10-16(15)23-20(18)21/h4-5,9-10,14,22H,2-3,6-8,11-13H2,1H3,(H2,21,23)/t14-/m1/s1. The first kappa shape index (κ1) is 16.3. The van der Waals surface area contributed by atoms with E-state index >= 15 is 0 Å². The number of nitrogens with two attached hydrogens (primary N) is 1. The van der Waals surface area contributed by atoms with Gasteiger partial charge in [-0.15, -0.1) is 0 Å². The fourth-order valence-electron chi connectivity index (χ4n) is 3.93. The molecule has 5 heteroatoms. The van der Waals surface area contributed by atoms with E-state index in [9.17, 15) is 0 Å². The summed E-state index contributed by atoms with van der Waals surface area (Å²) >= 11 is 0. The normalized spacial score (nSPS) is 18.2. The minimum Gasteiger partial charge on any atom is -0.382 e. The Balaban J connectivity index is 1.88. The van der Waals surface area contributed by atoms with Crippen LogP contribution in [0.5, 0.6) is 0 Å². The highest BCUT2D eigenvalue weighted by atomic mass is 15.1. The molecule has 1 aliphatic heterocycles. The summed E-state index contributed by atoms with van der Waals surface area (Å²) in [5.41, 5.74) is 9.23. The summed E-state index contributed by atoms with van der Waals surface area (Å²) in [6, 6.07) is 8.77. The molecule has 25 heavy (non-hydrogen) atoms. The molecule has 3 N–H and O–H groups in total. The van der Waals surface area contributed by atoms with Gasteiger partial charge in [0.15, 0.2) is 5.82 Å². The van der Waals surface area contributed by atoms with Gasteiger partial charge in [-0.3, -0.25) is 0 Å². The molecule has 0 spiro atoms. The number of anilines is 1. The van der Waals surface area contributed by atoms with E-state index in [0.717, 1.165) is 53.7 Å². The SMILES string of the molecule is CCCCc1nc2c(N)nc3ccccc3c2n1C[C@H]1CCCCN1. The van der Waals surface area contributed by atoms with E-state index in [0.29, 0.717) is 11.9 Å². The van der Waals surface area contributed by atoms with Crippen molar-refractivity contribution in [1.82, 2.24) is 19.9 Å². The average molecular weight is 337 g/mol. The highest BCUT2D eigenvalue weighted by molar-refractivity contribution is 6.06. The van der Waals surface area contributed by atoms with Crippen LogP contribution in [0.4, 0.5) is 5.82 Å². The number of piperidine rings is 1. The van der Waals surface area contributed by atoms with Gasteiger partial charge in [-0.05, 0) is 31.9 Å². The minimum atomic E-state index is 0.514. The lowest BCUT2D eigenvalue weighted by Crippen LogP contribution is -2.37. The maximum Gasteiger partial charge on any atom is 0.152 e. The number of fused-ring (bicyclic) bond motifs is 3. The first-order valence-corrected chi connectivity index (χ1v) is 9.54.